The summed E-state index contributed by atoms with van der Waals surface area (Å²) in [5, 5.41) is 0.853. The second-order valence-electron chi connectivity index (χ2n) is 7.15. The molecule has 2 aromatic carbocycles. The van der Waals surface area contributed by atoms with E-state index in [-0.39, 0.29) is 5.56 Å². The van der Waals surface area contributed by atoms with E-state index in [2.05, 4.69) is 11.6 Å². The third-order valence-electron chi connectivity index (χ3n) is 4.90. The van der Waals surface area contributed by atoms with E-state index in [1.54, 1.807) is 23.0 Å². The highest BCUT2D eigenvalue weighted by molar-refractivity contribution is 5.58. The van der Waals surface area contributed by atoms with Crippen LogP contribution in [0.5, 0.6) is 5.75 Å². The first kappa shape index (κ1) is 21.0. The van der Waals surface area contributed by atoms with Crippen LogP contribution in [0.25, 0.3) is 29.7 Å². The van der Waals surface area contributed by atoms with Crippen LogP contribution >= 0.6 is 0 Å². The van der Waals surface area contributed by atoms with Crippen LogP contribution in [-0.4, -0.2) is 14.5 Å². The van der Waals surface area contributed by atoms with Crippen LogP contribution in [-0.2, 0) is 6.61 Å². The van der Waals surface area contributed by atoms with Crippen molar-refractivity contribution in [3.63, 3.8) is 0 Å². The van der Waals surface area contributed by atoms with Crippen LogP contribution in [0.4, 0.5) is 0 Å². The average Bonchev–Trinajstić information content (AvgIpc) is 2.85. The fourth-order valence-corrected chi connectivity index (χ4v) is 3.28. The molecule has 5 nitrogen and oxygen atoms in total. The van der Waals surface area contributed by atoms with Crippen LogP contribution in [0, 0.1) is 0 Å². The number of hydrogen-bond acceptors (Lipinski definition) is 4. The lowest BCUT2D eigenvalue weighted by Crippen LogP contribution is -2.46. The van der Waals surface area contributed by atoms with E-state index in [0.29, 0.717) is 34.4 Å². The summed E-state index contributed by atoms with van der Waals surface area (Å²) in [5.41, 5.74) is 2.20. The molecule has 0 radical (unpaired) electrons. The Morgan fingerprint density at radius 3 is 2.66 bits per heavy atom. The summed E-state index contributed by atoms with van der Waals surface area (Å²) in [7, 11) is 0. The van der Waals surface area contributed by atoms with E-state index < -0.39 is 0 Å². The van der Waals surface area contributed by atoms with Crippen LogP contribution < -0.4 is 20.9 Å². The number of ether oxygens (including phenoxy) is 1. The van der Waals surface area contributed by atoms with Gasteiger partial charge in [0.2, 0.25) is 0 Å². The van der Waals surface area contributed by atoms with E-state index in [1.807, 2.05) is 85.8 Å². The van der Waals surface area contributed by atoms with Gasteiger partial charge in [0.25, 0.3) is 5.56 Å². The Balaban J connectivity index is 1.83. The molecule has 0 fully saturated rings. The number of nitrogens with zero attached hydrogens (tertiary/aromatic N) is 3. The van der Waals surface area contributed by atoms with Crippen LogP contribution in [0.15, 0.2) is 96.1 Å². The molecule has 0 aliphatic carbocycles. The van der Waals surface area contributed by atoms with Crippen molar-refractivity contribution in [2.75, 3.05) is 0 Å². The molecular formula is C27H23N3O2. The molecule has 0 aliphatic heterocycles. The Hall–Kier alpha value is -4.25. The zero-order valence-corrected chi connectivity index (χ0v) is 17.8. The minimum absolute atomic E-state index is 0.241. The van der Waals surface area contributed by atoms with E-state index in [9.17, 15) is 4.79 Å². The molecule has 32 heavy (non-hydrogen) atoms. The van der Waals surface area contributed by atoms with Gasteiger partial charge in [-0.15, -0.1) is 0 Å². The van der Waals surface area contributed by atoms with Gasteiger partial charge in [-0.05, 0) is 42.8 Å². The summed E-state index contributed by atoms with van der Waals surface area (Å²) in [4.78, 5) is 22.3. The predicted octanol–water partition coefficient (Wildman–Crippen LogP) is 3.64. The van der Waals surface area contributed by atoms with Crippen molar-refractivity contribution in [2.24, 2.45) is 0 Å². The summed E-state index contributed by atoms with van der Waals surface area (Å²) in [6, 6.07) is 21.0. The number of rotatable bonds is 6. The van der Waals surface area contributed by atoms with Crippen molar-refractivity contribution in [1.82, 2.24) is 14.5 Å². The zero-order chi connectivity index (χ0) is 22.3. The van der Waals surface area contributed by atoms with E-state index in [1.165, 1.54) is 0 Å². The third-order valence-corrected chi connectivity index (χ3v) is 4.90. The number of benzene rings is 2. The van der Waals surface area contributed by atoms with Gasteiger partial charge in [-0.3, -0.25) is 14.3 Å². The summed E-state index contributed by atoms with van der Waals surface area (Å²) in [6.45, 7) is 6.33. The van der Waals surface area contributed by atoms with E-state index in [0.717, 1.165) is 11.1 Å². The Morgan fingerprint density at radius 2 is 1.91 bits per heavy atom. The molecule has 0 unspecified atom stereocenters. The fraction of sp³-hybridized carbons (Fsp3) is 0.0741. The highest BCUT2D eigenvalue weighted by Gasteiger charge is 2.13. The number of hydrogen-bond donors (Lipinski definition) is 0. The van der Waals surface area contributed by atoms with Crippen molar-refractivity contribution in [2.45, 2.75) is 13.5 Å². The molecule has 0 atom stereocenters. The second kappa shape index (κ2) is 9.71. The zero-order valence-electron chi connectivity index (χ0n) is 17.8. The molecule has 0 saturated heterocycles. The monoisotopic (exact) mass is 421 g/mol. The van der Waals surface area contributed by atoms with Gasteiger partial charge >= 0.3 is 0 Å². The maximum atomic E-state index is 13.4. The van der Waals surface area contributed by atoms with Gasteiger partial charge in [-0.2, -0.15) is 0 Å². The highest BCUT2D eigenvalue weighted by Crippen LogP contribution is 2.21. The first-order valence-electron chi connectivity index (χ1n) is 10.3. The first-order chi connectivity index (χ1) is 15.7. The summed E-state index contributed by atoms with van der Waals surface area (Å²) in [5.74, 6) is 1.15. The van der Waals surface area contributed by atoms with Gasteiger partial charge in [0.1, 0.15) is 18.2 Å². The standard InChI is InChI=1S/C27H23N3O2/c1-3-4-15-25-20(2)27(31)30(26(29-25)22-12-9-16-28-18-22)23-13-8-14-24(17-23)32-19-21-10-6-5-7-11-21/h3-18H,2,19H2,1H3/b4-3-,25-15+. The van der Waals surface area contributed by atoms with Gasteiger partial charge in [-0.1, -0.05) is 55.1 Å². The topological polar surface area (TPSA) is 57.0 Å². The minimum Gasteiger partial charge on any atom is -0.489 e. The molecule has 0 bridgehead atoms. The second-order valence-corrected chi connectivity index (χ2v) is 7.15. The molecule has 4 rings (SSSR count). The van der Waals surface area contributed by atoms with Gasteiger partial charge in [-0.25, -0.2) is 4.98 Å². The largest absolute Gasteiger partial charge is 0.489 e. The normalized spacial score (nSPS) is 11.7. The quantitative estimate of drug-likeness (QED) is 0.477. The van der Waals surface area contributed by atoms with E-state index >= 15 is 0 Å². The molecule has 4 aromatic rings. The van der Waals surface area contributed by atoms with Gasteiger partial charge in [0, 0.05) is 24.0 Å². The summed E-state index contributed by atoms with van der Waals surface area (Å²) < 4.78 is 7.52. The molecular weight excluding hydrogens is 398 g/mol. The van der Waals surface area contributed by atoms with Crippen molar-refractivity contribution in [1.29, 1.82) is 0 Å². The van der Waals surface area contributed by atoms with Gasteiger partial charge < -0.3 is 4.74 Å². The Labute approximate surface area is 186 Å². The molecule has 158 valence electrons. The first-order valence-corrected chi connectivity index (χ1v) is 10.3. The Morgan fingerprint density at radius 1 is 1.06 bits per heavy atom. The maximum absolute atomic E-state index is 13.4. The van der Waals surface area contributed by atoms with Gasteiger partial charge in [0.15, 0.2) is 0 Å². The fourth-order valence-electron chi connectivity index (χ4n) is 3.28. The molecule has 0 N–H and O–H groups in total. The van der Waals surface area contributed by atoms with E-state index in [4.69, 9.17) is 9.72 Å². The Bertz CT molecular complexity index is 1410. The third kappa shape index (κ3) is 4.57. The van der Waals surface area contributed by atoms with Crippen molar-refractivity contribution >= 4 is 12.7 Å². The van der Waals surface area contributed by atoms with Gasteiger partial charge in [0.05, 0.1) is 16.3 Å². The van der Waals surface area contributed by atoms with Crippen molar-refractivity contribution in [3.05, 3.63) is 118 Å². The summed E-state index contributed by atoms with van der Waals surface area (Å²) in [6.07, 6.45) is 8.88. The molecule has 2 aromatic heterocycles. The highest BCUT2D eigenvalue weighted by atomic mass is 16.5. The molecule has 0 saturated carbocycles. The summed E-state index contributed by atoms with van der Waals surface area (Å²) >= 11 is 0. The molecule has 0 amide bonds. The lowest BCUT2D eigenvalue weighted by molar-refractivity contribution is 0.306. The van der Waals surface area contributed by atoms with Crippen molar-refractivity contribution in [3.8, 4) is 22.8 Å². The van der Waals surface area contributed by atoms with Crippen molar-refractivity contribution < 1.29 is 4.74 Å². The van der Waals surface area contributed by atoms with Crippen LogP contribution in [0.1, 0.15) is 12.5 Å². The van der Waals surface area contributed by atoms with Crippen LogP contribution in [0.3, 0.4) is 0 Å². The number of pyridine rings is 1. The molecule has 2 heterocycles. The lowest BCUT2D eigenvalue weighted by atomic mass is 10.2. The predicted molar refractivity (Wildman–Crippen MR) is 128 cm³/mol. The van der Waals surface area contributed by atoms with Crippen LogP contribution in [0.2, 0.25) is 0 Å². The molecule has 5 heteroatoms. The lowest BCUT2D eigenvalue weighted by Gasteiger charge is -2.14. The minimum atomic E-state index is -0.241. The molecule has 0 spiro atoms. The average molecular weight is 422 g/mol. The molecule has 0 aliphatic rings. The Kier molecular flexibility index (Phi) is 6.37. The number of aromatic nitrogens is 3. The number of allylic oxidation sites excluding steroid dienone is 2. The smallest absolute Gasteiger partial charge is 0.265 e. The SMILES string of the molecule is C=c1c(=O)n(-c2cccc(OCc3ccccc3)c2)c(-c2cccnc2)n/c1=C/C=C\C. The maximum Gasteiger partial charge on any atom is 0.265 e.